The van der Waals surface area contributed by atoms with E-state index in [-0.39, 0.29) is 17.3 Å². The van der Waals surface area contributed by atoms with Crippen molar-refractivity contribution >= 4 is 15.7 Å². The topological polar surface area (TPSA) is 80.1 Å². The van der Waals surface area contributed by atoms with E-state index in [1.165, 1.54) is 43.3 Å². The van der Waals surface area contributed by atoms with Crippen molar-refractivity contribution in [1.29, 1.82) is 0 Å². The summed E-state index contributed by atoms with van der Waals surface area (Å²) in [5, 5.41) is 4.71. The highest BCUT2D eigenvalue weighted by molar-refractivity contribution is 7.92. The Hall–Kier alpha value is -3.77. The highest BCUT2D eigenvalue weighted by Gasteiger charge is 2.33. The van der Waals surface area contributed by atoms with E-state index in [0.717, 1.165) is 32.0 Å². The molecule has 4 aromatic rings. The van der Waals surface area contributed by atoms with Crippen LogP contribution in [-0.2, 0) is 10.0 Å². The van der Waals surface area contributed by atoms with Crippen molar-refractivity contribution in [1.82, 2.24) is 19.7 Å². The minimum Gasteiger partial charge on any atom is -0.300 e. The molecule has 0 radical (unpaired) electrons. The number of anilines is 1. The molecule has 6 rings (SSSR count). The smallest absolute Gasteiger partial charge is 0.265 e. The molecule has 1 aliphatic carbocycles. The van der Waals surface area contributed by atoms with Crippen LogP contribution in [0.4, 0.5) is 23.2 Å². The van der Waals surface area contributed by atoms with Gasteiger partial charge in [0.2, 0.25) is 5.95 Å². The van der Waals surface area contributed by atoms with Gasteiger partial charge in [0.05, 0.1) is 11.7 Å². The summed E-state index contributed by atoms with van der Waals surface area (Å²) < 4.78 is 87.3. The van der Waals surface area contributed by atoms with E-state index in [1.807, 2.05) is 4.72 Å². The third kappa shape index (κ3) is 5.20. The number of nitrogens with one attached hydrogen (secondary N) is 1. The van der Waals surface area contributed by atoms with Crippen LogP contribution in [0.1, 0.15) is 31.7 Å². The number of rotatable bonds is 7. The lowest BCUT2D eigenvalue weighted by Gasteiger charge is -2.32. The average Bonchev–Trinajstić information content (AvgIpc) is 3.69. The van der Waals surface area contributed by atoms with Crippen LogP contribution in [0.25, 0.3) is 22.4 Å². The predicted molar refractivity (Wildman–Crippen MR) is 141 cm³/mol. The zero-order chi connectivity index (χ0) is 28.0. The number of likely N-dealkylation sites (tertiary alicyclic amines) is 1. The molecule has 208 valence electrons. The molecule has 0 atom stereocenters. The van der Waals surface area contributed by atoms with Gasteiger partial charge in [-0.05, 0) is 67.6 Å². The van der Waals surface area contributed by atoms with Gasteiger partial charge in [0, 0.05) is 48.7 Å². The van der Waals surface area contributed by atoms with E-state index < -0.39 is 44.0 Å². The standard InChI is InChI=1S/C28H25F4N5O2S/c29-18-4-7-23(30)25(15-18)40(38,39)35-24-3-1-2-21(27(24)32)28-22(17-8-11-33-26(31)14-17)16-37(34-28)20-9-12-36(13-10-20)19-5-6-19/h1-4,7-8,11,14-16,19-20,35H,5-6,9-10,12-13H2. The second-order valence-corrected chi connectivity index (χ2v) is 11.7. The Morgan fingerprint density at radius 1 is 0.875 bits per heavy atom. The number of sulfonamides is 1. The van der Waals surface area contributed by atoms with Crippen LogP contribution in [0.3, 0.4) is 0 Å². The summed E-state index contributed by atoms with van der Waals surface area (Å²) in [6.07, 6.45) is 7.19. The first-order chi connectivity index (χ1) is 19.2. The normalized spacial score (nSPS) is 16.8. The number of nitrogens with zero attached hydrogens (tertiary/aromatic N) is 4. The first-order valence-electron chi connectivity index (χ1n) is 12.9. The van der Waals surface area contributed by atoms with Crippen LogP contribution in [0.2, 0.25) is 0 Å². The summed E-state index contributed by atoms with van der Waals surface area (Å²) in [5.41, 5.74) is 0.546. The minimum absolute atomic E-state index is 0.0405. The van der Waals surface area contributed by atoms with Gasteiger partial charge in [-0.15, -0.1) is 0 Å². The first-order valence-corrected chi connectivity index (χ1v) is 14.4. The second-order valence-electron chi connectivity index (χ2n) is 10.1. The fraction of sp³-hybridized carbons (Fsp3) is 0.286. The molecule has 7 nitrogen and oxygen atoms in total. The summed E-state index contributed by atoms with van der Waals surface area (Å²) in [7, 11) is -4.67. The van der Waals surface area contributed by atoms with Gasteiger partial charge in [0.1, 0.15) is 22.2 Å². The molecule has 2 aromatic heterocycles. The fourth-order valence-electron chi connectivity index (χ4n) is 5.19. The maximum absolute atomic E-state index is 15.9. The number of pyridine rings is 1. The number of piperidine rings is 1. The van der Waals surface area contributed by atoms with Crippen molar-refractivity contribution in [3.63, 3.8) is 0 Å². The highest BCUT2D eigenvalue weighted by Crippen LogP contribution is 2.38. The van der Waals surface area contributed by atoms with Crippen LogP contribution in [-0.4, -0.2) is 47.2 Å². The molecule has 1 saturated heterocycles. The second kappa shape index (κ2) is 10.3. The van der Waals surface area contributed by atoms with Crippen LogP contribution in [0, 0.1) is 23.4 Å². The third-order valence-electron chi connectivity index (χ3n) is 7.39. The van der Waals surface area contributed by atoms with Crippen LogP contribution < -0.4 is 4.72 Å². The lowest BCUT2D eigenvalue weighted by molar-refractivity contribution is 0.172. The quantitative estimate of drug-likeness (QED) is 0.225. The zero-order valence-corrected chi connectivity index (χ0v) is 22.0. The zero-order valence-electron chi connectivity index (χ0n) is 21.2. The Morgan fingerprint density at radius 2 is 1.65 bits per heavy atom. The first kappa shape index (κ1) is 26.5. The molecular weight excluding hydrogens is 546 g/mol. The number of aromatic nitrogens is 3. The highest BCUT2D eigenvalue weighted by atomic mass is 32.2. The Kier molecular flexibility index (Phi) is 6.83. The van der Waals surface area contributed by atoms with Crippen molar-refractivity contribution in [2.45, 2.75) is 42.7 Å². The molecule has 1 aliphatic heterocycles. The van der Waals surface area contributed by atoms with Crippen molar-refractivity contribution < 1.29 is 26.0 Å². The number of hydrogen-bond donors (Lipinski definition) is 1. The van der Waals surface area contributed by atoms with Crippen LogP contribution in [0.5, 0.6) is 0 Å². The van der Waals surface area contributed by atoms with Gasteiger partial charge in [-0.25, -0.2) is 26.6 Å². The maximum atomic E-state index is 15.9. The van der Waals surface area contributed by atoms with Gasteiger partial charge in [-0.3, -0.25) is 9.40 Å². The Bertz CT molecular complexity index is 1680. The molecular formula is C28H25F4N5O2S. The largest absolute Gasteiger partial charge is 0.300 e. The molecule has 0 amide bonds. The van der Waals surface area contributed by atoms with Gasteiger partial charge in [-0.1, -0.05) is 6.07 Å². The monoisotopic (exact) mass is 571 g/mol. The molecule has 1 saturated carbocycles. The SMILES string of the molecule is O=S(=O)(Nc1cccc(-c2nn(C3CCN(C4CC4)CC3)cc2-c2ccnc(F)c2)c1F)c1cc(F)ccc1F. The summed E-state index contributed by atoms with van der Waals surface area (Å²) >= 11 is 0. The Labute approximate surface area is 228 Å². The number of benzene rings is 2. The van der Waals surface area contributed by atoms with Gasteiger partial charge >= 0.3 is 0 Å². The minimum atomic E-state index is -4.67. The van der Waals surface area contributed by atoms with Gasteiger partial charge in [0.25, 0.3) is 10.0 Å². The average molecular weight is 572 g/mol. The van der Waals surface area contributed by atoms with Gasteiger partial charge in [-0.2, -0.15) is 9.49 Å². The van der Waals surface area contributed by atoms with Crippen LogP contribution in [0.15, 0.2) is 65.8 Å². The van der Waals surface area contributed by atoms with E-state index in [4.69, 9.17) is 5.10 Å². The van der Waals surface area contributed by atoms with Crippen LogP contribution >= 0.6 is 0 Å². The maximum Gasteiger partial charge on any atom is 0.265 e. The molecule has 2 aliphatic rings. The third-order valence-corrected chi connectivity index (χ3v) is 8.77. The number of halogens is 4. The summed E-state index contributed by atoms with van der Waals surface area (Å²) in [5.74, 6) is -3.82. The van der Waals surface area contributed by atoms with Crippen molar-refractivity contribution in [3.05, 3.63) is 84.3 Å². The molecule has 0 bridgehead atoms. The summed E-state index contributed by atoms with van der Waals surface area (Å²) in [6.45, 7) is 1.85. The molecule has 40 heavy (non-hydrogen) atoms. The molecule has 2 fully saturated rings. The van der Waals surface area contributed by atoms with E-state index in [1.54, 1.807) is 16.9 Å². The summed E-state index contributed by atoms with van der Waals surface area (Å²) in [6, 6.07) is 9.51. The van der Waals surface area contributed by atoms with E-state index in [0.29, 0.717) is 29.3 Å². The fourth-order valence-corrected chi connectivity index (χ4v) is 6.34. The van der Waals surface area contributed by atoms with Gasteiger partial charge < -0.3 is 4.90 Å². The van der Waals surface area contributed by atoms with Gasteiger partial charge in [0.15, 0.2) is 5.82 Å². The van der Waals surface area contributed by atoms with E-state index in [9.17, 15) is 21.6 Å². The Morgan fingerprint density at radius 3 is 2.38 bits per heavy atom. The molecule has 1 N–H and O–H groups in total. The molecule has 0 spiro atoms. The van der Waals surface area contributed by atoms with Crippen molar-refractivity contribution in [2.24, 2.45) is 0 Å². The van der Waals surface area contributed by atoms with E-state index >= 15 is 4.39 Å². The number of hydrogen-bond acceptors (Lipinski definition) is 5. The predicted octanol–water partition coefficient (Wildman–Crippen LogP) is 5.77. The molecule has 12 heteroatoms. The lowest BCUT2D eigenvalue weighted by Crippen LogP contribution is -2.36. The van der Waals surface area contributed by atoms with Crippen molar-refractivity contribution in [3.8, 4) is 22.4 Å². The molecule has 0 unspecified atom stereocenters. The Balaban J connectivity index is 1.38. The van der Waals surface area contributed by atoms with Crippen molar-refractivity contribution in [2.75, 3.05) is 17.8 Å². The van der Waals surface area contributed by atoms with E-state index in [2.05, 4.69) is 9.88 Å². The molecule has 2 aromatic carbocycles. The summed E-state index contributed by atoms with van der Waals surface area (Å²) in [4.78, 5) is 5.12. The molecule has 3 heterocycles. The lowest BCUT2D eigenvalue weighted by atomic mass is 10.0.